The number of anilines is 1. The number of amidine groups is 1. The van der Waals surface area contributed by atoms with Crippen LogP contribution in [0.2, 0.25) is 25.7 Å². The van der Waals surface area contributed by atoms with Gasteiger partial charge in [-0.05, 0) is 58.4 Å². The van der Waals surface area contributed by atoms with Crippen molar-refractivity contribution in [3.63, 3.8) is 0 Å². The molecule has 1 aromatic heterocycles. The van der Waals surface area contributed by atoms with Crippen molar-refractivity contribution >= 4 is 48.6 Å². The number of fused-ring (bicyclic) bond motifs is 1. The summed E-state index contributed by atoms with van der Waals surface area (Å²) >= 11 is 0.758. The van der Waals surface area contributed by atoms with E-state index < -0.39 is 91.7 Å². The molecule has 0 unspecified atom stereocenters. The van der Waals surface area contributed by atoms with Gasteiger partial charge in [0, 0.05) is 31.8 Å². The molecule has 1 aromatic carbocycles. The molecule has 0 saturated heterocycles. The van der Waals surface area contributed by atoms with Crippen LogP contribution in [0.25, 0.3) is 0 Å². The third kappa shape index (κ3) is 11.3. The molecule has 0 bridgehead atoms. The molecule has 1 aliphatic carbocycles. The first-order chi connectivity index (χ1) is 24.7. The van der Waals surface area contributed by atoms with E-state index in [0.717, 1.165) is 41.2 Å². The Morgan fingerprint density at radius 3 is 2.30 bits per heavy atom. The Morgan fingerprint density at radius 1 is 1.04 bits per heavy atom. The summed E-state index contributed by atoms with van der Waals surface area (Å²) in [6.45, 7) is 9.29. The van der Waals surface area contributed by atoms with Crippen molar-refractivity contribution in [2.45, 2.75) is 88.0 Å². The average molecular weight is 811 g/mol. The summed E-state index contributed by atoms with van der Waals surface area (Å²) in [6.07, 6.45) is -8.66. The highest BCUT2D eigenvalue weighted by molar-refractivity contribution is 8.16. The molecule has 1 saturated carbocycles. The van der Waals surface area contributed by atoms with E-state index in [1.54, 1.807) is 20.8 Å². The first-order valence-corrected chi connectivity index (χ1v) is 21.1. The summed E-state index contributed by atoms with van der Waals surface area (Å²) in [5.41, 5.74) is -3.19. The Balaban J connectivity index is 1.71. The summed E-state index contributed by atoms with van der Waals surface area (Å²) in [7, 11) is -1.58. The molecule has 4 rings (SSSR count). The van der Waals surface area contributed by atoms with Gasteiger partial charge in [0.05, 0.1) is 17.9 Å². The Morgan fingerprint density at radius 2 is 1.72 bits per heavy atom. The molecule has 21 heteroatoms. The molecule has 3 atom stereocenters. The van der Waals surface area contributed by atoms with Crippen LogP contribution in [0.3, 0.4) is 0 Å². The topological polar surface area (TPSA) is 144 Å². The zero-order valence-corrected chi connectivity index (χ0v) is 32.3. The lowest BCUT2D eigenvalue weighted by Gasteiger charge is -2.38. The molecule has 1 fully saturated rings. The number of benzene rings is 1. The largest absolute Gasteiger partial charge is 0.467 e. The number of alkyl halides is 6. The van der Waals surface area contributed by atoms with Crippen LogP contribution >= 0.6 is 11.8 Å². The number of halogens is 7. The minimum Gasteiger partial charge on any atom is -0.467 e. The van der Waals surface area contributed by atoms with E-state index in [9.17, 15) is 40.7 Å². The van der Waals surface area contributed by atoms with Gasteiger partial charge in [0.1, 0.15) is 35.1 Å². The molecule has 0 radical (unpaired) electrons. The number of nitrogens with zero attached hydrogens (tertiary/aromatic N) is 4. The third-order valence-electron chi connectivity index (χ3n) is 8.10. The fourth-order valence-corrected chi connectivity index (χ4v) is 7.69. The van der Waals surface area contributed by atoms with Gasteiger partial charge >= 0.3 is 18.4 Å². The molecule has 298 valence electrons. The normalized spacial score (nSPS) is 21.4. The molecule has 54 heavy (non-hydrogen) atoms. The standard InChI is InChI=1S/C33H41F7N6O6SSi/c1-29(2,3)52-28(49)46(18-50-10-11-54(5,6)7)27-45-30(4,23-13-31(23,53-27)26(48)43-16-32(35,36)37)20-12-19(8-9-21(20)34)44-25(47)22-14-42-24(15-41-22)51-17-33(38,39)40/h8-9,12,14-15,23H,10-11,13,16-18H2,1-7H3,(H,43,48)(H,44,47)/t23-,30+,31-/m0/s1. The van der Waals surface area contributed by atoms with Crippen molar-refractivity contribution < 1.29 is 59.3 Å². The maximum absolute atomic E-state index is 15.9. The van der Waals surface area contributed by atoms with E-state index in [1.165, 1.54) is 19.1 Å². The van der Waals surface area contributed by atoms with Gasteiger partial charge in [-0.15, -0.1) is 0 Å². The molecule has 0 spiro atoms. The zero-order chi connectivity index (χ0) is 40.5. The lowest BCUT2D eigenvalue weighted by atomic mass is 9.85. The number of hydrogen-bond donors (Lipinski definition) is 2. The minimum atomic E-state index is -4.73. The summed E-state index contributed by atoms with van der Waals surface area (Å²) in [6, 6.07) is 4.15. The van der Waals surface area contributed by atoms with Crippen molar-refractivity contribution in [2.24, 2.45) is 10.9 Å². The second-order valence-electron chi connectivity index (χ2n) is 15.1. The van der Waals surface area contributed by atoms with Crippen LogP contribution in [0.5, 0.6) is 5.88 Å². The number of rotatable bonds is 12. The molecule has 2 heterocycles. The quantitative estimate of drug-likeness (QED) is 0.0992. The first kappa shape index (κ1) is 42.8. The Kier molecular flexibility index (Phi) is 12.4. The van der Waals surface area contributed by atoms with Gasteiger partial charge in [-0.25, -0.2) is 24.1 Å². The van der Waals surface area contributed by atoms with Crippen molar-refractivity contribution in [3.8, 4) is 5.88 Å². The minimum absolute atomic E-state index is 0.00162. The molecule has 1 aliphatic heterocycles. The Labute approximate surface area is 312 Å². The van der Waals surface area contributed by atoms with Crippen molar-refractivity contribution in [3.05, 3.63) is 47.7 Å². The van der Waals surface area contributed by atoms with E-state index in [-0.39, 0.29) is 35.1 Å². The highest BCUT2D eigenvalue weighted by atomic mass is 32.2. The summed E-state index contributed by atoms with van der Waals surface area (Å²) in [5.74, 6) is -4.09. The van der Waals surface area contributed by atoms with E-state index in [0.29, 0.717) is 0 Å². The van der Waals surface area contributed by atoms with Gasteiger partial charge in [0.2, 0.25) is 11.8 Å². The Bertz CT molecular complexity index is 1750. The SMILES string of the molecule is CC(C)(C)OC(=O)N(COCC[Si](C)(C)C)C1=N[C@](C)(c2cc(NC(=O)c3cnc(OCC(F)(F)F)cn3)ccc2F)[C@@H]2C[C@]2(C(=O)NCC(F)(F)F)S1. The average Bonchev–Trinajstić information content (AvgIpc) is 3.79. The number of hydrogen-bond acceptors (Lipinski definition) is 10. The lowest BCUT2D eigenvalue weighted by Crippen LogP contribution is -2.49. The van der Waals surface area contributed by atoms with Gasteiger partial charge in [-0.2, -0.15) is 26.3 Å². The van der Waals surface area contributed by atoms with Crippen LogP contribution in [0.4, 0.5) is 41.2 Å². The van der Waals surface area contributed by atoms with Gasteiger partial charge in [0.25, 0.3) is 5.91 Å². The predicted molar refractivity (Wildman–Crippen MR) is 187 cm³/mol. The predicted octanol–water partition coefficient (Wildman–Crippen LogP) is 7.11. The van der Waals surface area contributed by atoms with E-state index >= 15 is 4.39 Å². The number of nitrogens with one attached hydrogen (secondary N) is 2. The van der Waals surface area contributed by atoms with Crippen molar-refractivity contribution in [1.82, 2.24) is 20.2 Å². The van der Waals surface area contributed by atoms with Crippen molar-refractivity contribution in [2.75, 3.05) is 31.8 Å². The van der Waals surface area contributed by atoms with Crippen molar-refractivity contribution in [1.29, 1.82) is 0 Å². The van der Waals surface area contributed by atoms with Crippen LogP contribution in [0.15, 0.2) is 35.6 Å². The van der Waals surface area contributed by atoms with E-state index in [4.69, 9.17) is 14.5 Å². The molecule has 12 nitrogen and oxygen atoms in total. The van der Waals surface area contributed by atoms with Crippen LogP contribution < -0.4 is 15.4 Å². The summed E-state index contributed by atoms with van der Waals surface area (Å²) < 4.78 is 107. The highest BCUT2D eigenvalue weighted by Gasteiger charge is 2.71. The fraction of sp³-hybridized carbons (Fsp3) is 0.576. The molecule has 2 aromatic rings. The summed E-state index contributed by atoms with van der Waals surface area (Å²) in [4.78, 5) is 53.4. The number of carbonyl (C=O) groups excluding carboxylic acids is 3. The fourth-order valence-electron chi connectivity index (χ4n) is 5.35. The maximum Gasteiger partial charge on any atom is 0.422 e. The van der Waals surface area contributed by atoms with Crippen LogP contribution in [0, 0.1) is 11.7 Å². The number of ether oxygens (including phenoxy) is 3. The molecule has 2 aliphatic rings. The number of aromatic nitrogens is 2. The van der Waals surface area contributed by atoms with Crippen LogP contribution in [-0.2, 0) is 19.8 Å². The molecular formula is C33H41F7N6O6SSi. The van der Waals surface area contributed by atoms with Crippen LogP contribution in [-0.4, -0.2) is 95.2 Å². The lowest BCUT2D eigenvalue weighted by molar-refractivity contribution is -0.154. The zero-order valence-electron chi connectivity index (χ0n) is 30.5. The maximum atomic E-state index is 15.9. The van der Waals surface area contributed by atoms with Gasteiger partial charge in [-0.1, -0.05) is 31.4 Å². The number of thioether (sulfide) groups is 1. The second-order valence-corrected chi connectivity index (χ2v) is 22.1. The van der Waals surface area contributed by atoms with E-state index in [1.807, 2.05) is 5.32 Å². The van der Waals surface area contributed by atoms with E-state index in [2.05, 4.69) is 39.7 Å². The monoisotopic (exact) mass is 810 g/mol. The number of carbonyl (C=O) groups is 3. The van der Waals surface area contributed by atoms with Gasteiger partial charge in [-0.3, -0.25) is 14.6 Å². The smallest absolute Gasteiger partial charge is 0.422 e. The molecular weight excluding hydrogens is 770 g/mol. The second kappa shape index (κ2) is 15.6. The third-order valence-corrected chi connectivity index (χ3v) is 11.3. The van der Waals surface area contributed by atoms with Gasteiger partial charge in [0.15, 0.2) is 11.8 Å². The number of amides is 3. The van der Waals surface area contributed by atoms with Crippen LogP contribution in [0.1, 0.15) is 50.2 Å². The molecule has 2 N–H and O–H groups in total. The highest BCUT2D eigenvalue weighted by Crippen LogP contribution is 2.67. The van der Waals surface area contributed by atoms with Gasteiger partial charge < -0.3 is 24.8 Å². The Hall–Kier alpha value is -3.98. The molecule has 3 amide bonds. The summed E-state index contributed by atoms with van der Waals surface area (Å²) in [5, 5.41) is 4.25. The first-order valence-electron chi connectivity index (χ1n) is 16.6. The number of aliphatic imine (C=N–C) groups is 1.